The van der Waals surface area contributed by atoms with Crippen molar-refractivity contribution >= 4 is 0 Å². The van der Waals surface area contributed by atoms with Crippen LogP contribution in [0.15, 0.2) is 6.20 Å². The van der Waals surface area contributed by atoms with Gasteiger partial charge in [-0.1, -0.05) is 0 Å². The molecule has 0 saturated carbocycles. The summed E-state index contributed by atoms with van der Waals surface area (Å²) >= 11 is 0. The van der Waals surface area contributed by atoms with E-state index in [-0.39, 0.29) is 6.61 Å². The second-order valence-corrected chi connectivity index (χ2v) is 4.71. The molecule has 2 rings (SSSR count). The fourth-order valence-corrected chi connectivity index (χ4v) is 2.43. The Labute approximate surface area is 96.9 Å². The third-order valence-electron chi connectivity index (χ3n) is 3.56. The van der Waals surface area contributed by atoms with Crippen LogP contribution in [0, 0.1) is 6.92 Å². The Hall–Kier alpha value is -0.870. The molecular formula is C12H21N3O. The number of aliphatic hydroxyl groups is 1. The van der Waals surface area contributed by atoms with E-state index < -0.39 is 0 Å². The summed E-state index contributed by atoms with van der Waals surface area (Å²) < 4.78 is 2.15. The Bertz CT molecular complexity index is 340. The van der Waals surface area contributed by atoms with Crippen LogP contribution < -0.4 is 0 Å². The molecule has 0 spiro atoms. The van der Waals surface area contributed by atoms with Gasteiger partial charge in [0.1, 0.15) is 0 Å². The lowest BCUT2D eigenvalue weighted by Crippen LogP contribution is -2.32. The predicted octanol–water partition coefficient (Wildman–Crippen LogP) is 0.993. The van der Waals surface area contributed by atoms with Crippen LogP contribution in [0.5, 0.6) is 0 Å². The molecule has 1 fully saturated rings. The van der Waals surface area contributed by atoms with Crippen LogP contribution in [0.2, 0.25) is 0 Å². The number of hydrogen-bond donors (Lipinski definition) is 1. The highest BCUT2D eigenvalue weighted by Gasteiger charge is 2.20. The van der Waals surface area contributed by atoms with Gasteiger partial charge >= 0.3 is 0 Å². The maximum absolute atomic E-state index is 8.95. The van der Waals surface area contributed by atoms with Crippen molar-refractivity contribution in [1.82, 2.24) is 14.7 Å². The van der Waals surface area contributed by atoms with E-state index in [1.807, 2.05) is 6.20 Å². The first-order valence-corrected chi connectivity index (χ1v) is 6.04. The van der Waals surface area contributed by atoms with Gasteiger partial charge in [-0.25, -0.2) is 0 Å². The van der Waals surface area contributed by atoms with Crippen LogP contribution in [-0.4, -0.2) is 46.5 Å². The Kier molecular flexibility index (Phi) is 3.61. The molecule has 0 aliphatic carbocycles. The summed E-state index contributed by atoms with van der Waals surface area (Å²) in [6.07, 6.45) is 4.98. The van der Waals surface area contributed by atoms with Gasteiger partial charge in [0.05, 0.1) is 12.2 Å². The van der Waals surface area contributed by atoms with Gasteiger partial charge in [-0.2, -0.15) is 5.10 Å². The van der Waals surface area contributed by atoms with E-state index in [9.17, 15) is 0 Å². The Morgan fingerprint density at radius 2 is 2.12 bits per heavy atom. The van der Waals surface area contributed by atoms with E-state index in [0.29, 0.717) is 6.04 Å². The Morgan fingerprint density at radius 3 is 2.75 bits per heavy atom. The van der Waals surface area contributed by atoms with Crippen LogP contribution in [0.25, 0.3) is 0 Å². The molecule has 1 aliphatic rings. The SMILES string of the molecule is Cc1c(CCO)cnn1C1CCN(C)CC1. The number of piperidine rings is 1. The smallest absolute Gasteiger partial charge is 0.0546 e. The first kappa shape index (κ1) is 11.6. The van der Waals surface area contributed by atoms with Gasteiger partial charge in [0.2, 0.25) is 0 Å². The van der Waals surface area contributed by atoms with Gasteiger partial charge in [-0.15, -0.1) is 0 Å². The van der Waals surface area contributed by atoms with Crippen LogP contribution >= 0.6 is 0 Å². The highest BCUT2D eigenvalue weighted by molar-refractivity contribution is 5.17. The summed E-state index contributed by atoms with van der Waals surface area (Å²) in [4.78, 5) is 2.37. The molecule has 4 heteroatoms. The summed E-state index contributed by atoms with van der Waals surface area (Å²) in [7, 11) is 2.17. The third kappa shape index (κ3) is 2.28. The van der Waals surface area contributed by atoms with Crippen LogP contribution in [0.4, 0.5) is 0 Å². The van der Waals surface area contributed by atoms with Crippen LogP contribution in [0.3, 0.4) is 0 Å². The van der Waals surface area contributed by atoms with Crippen molar-refractivity contribution in [2.24, 2.45) is 0 Å². The molecule has 90 valence electrons. The van der Waals surface area contributed by atoms with E-state index in [1.54, 1.807) is 0 Å². The maximum atomic E-state index is 8.95. The average molecular weight is 223 g/mol. The van der Waals surface area contributed by atoms with Gasteiger partial charge in [0.25, 0.3) is 0 Å². The zero-order chi connectivity index (χ0) is 11.5. The topological polar surface area (TPSA) is 41.3 Å². The minimum atomic E-state index is 0.208. The highest BCUT2D eigenvalue weighted by Crippen LogP contribution is 2.23. The second kappa shape index (κ2) is 4.97. The van der Waals surface area contributed by atoms with Crippen LogP contribution in [0.1, 0.15) is 30.1 Å². The third-order valence-corrected chi connectivity index (χ3v) is 3.56. The monoisotopic (exact) mass is 223 g/mol. The van der Waals surface area contributed by atoms with Crippen molar-refractivity contribution in [1.29, 1.82) is 0 Å². The average Bonchev–Trinajstić information content (AvgIpc) is 2.63. The molecule has 1 aromatic rings. The van der Waals surface area contributed by atoms with Crippen molar-refractivity contribution in [3.63, 3.8) is 0 Å². The molecule has 0 amide bonds. The zero-order valence-corrected chi connectivity index (χ0v) is 10.2. The number of likely N-dealkylation sites (tertiary alicyclic amines) is 1. The fourth-order valence-electron chi connectivity index (χ4n) is 2.43. The molecule has 1 aromatic heterocycles. The molecule has 0 radical (unpaired) electrons. The molecular weight excluding hydrogens is 202 g/mol. The Morgan fingerprint density at radius 1 is 1.44 bits per heavy atom. The summed E-state index contributed by atoms with van der Waals surface area (Å²) in [5, 5.41) is 13.4. The minimum absolute atomic E-state index is 0.208. The van der Waals surface area contributed by atoms with E-state index in [4.69, 9.17) is 5.11 Å². The largest absolute Gasteiger partial charge is 0.396 e. The molecule has 16 heavy (non-hydrogen) atoms. The minimum Gasteiger partial charge on any atom is -0.396 e. The first-order chi connectivity index (χ1) is 7.72. The van der Waals surface area contributed by atoms with Crippen molar-refractivity contribution in [3.05, 3.63) is 17.5 Å². The predicted molar refractivity (Wildman–Crippen MR) is 63.5 cm³/mol. The lowest BCUT2D eigenvalue weighted by Gasteiger charge is -2.29. The van der Waals surface area contributed by atoms with Crippen molar-refractivity contribution in [2.45, 2.75) is 32.2 Å². The number of nitrogens with zero attached hydrogens (tertiary/aromatic N) is 3. The normalized spacial score (nSPS) is 19.2. The molecule has 4 nitrogen and oxygen atoms in total. The number of aliphatic hydroxyl groups excluding tert-OH is 1. The van der Waals surface area contributed by atoms with Gasteiger partial charge < -0.3 is 10.0 Å². The fraction of sp³-hybridized carbons (Fsp3) is 0.750. The van der Waals surface area contributed by atoms with Crippen molar-refractivity contribution in [2.75, 3.05) is 26.7 Å². The molecule has 0 bridgehead atoms. The summed E-state index contributed by atoms with van der Waals surface area (Å²) in [5.41, 5.74) is 2.41. The summed E-state index contributed by atoms with van der Waals surface area (Å²) in [6, 6.07) is 0.545. The molecule has 0 aromatic carbocycles. The van der Waals surface area contributed by atoms with Gasteiger partial charge in [-0.05, 0) is 51.9 Å². The number of rotatable bonds is 3. The van der Waals surface area contributed by atoms with E-state index >= 15 is 0 Å². The van der Waals surface area contributed by atoms with Gasteiger partial charge in [0.15, 0.2) is 0 Å². The molecule has 2 heterocycles. The number of hydrogen-bond acceptors (Lipinski definition) is 3. The molecule has 1 saturated heterocycles. The van der Waals surface area contributed by atoms with Crippen molar-refractivity contribution in [3.8, 4) is 0 Å². The molecule has 0 atom stereocenters. The van der Waals surface area contributed by atoms with Gasteiger partial charge in [-0.3, -0.25) is 4.68 Å². The van der Waals surface area contributed by atoms with E-state index in [1.165, 1.54) is 24.1 Å². The zero-order valence-electron chi connectivity index (χ0n) is 10.2. The van der Waals surface area contributed by atoms with Gasteiger partial charge in [0, 0.05) is 12.3 Å². The lowest BCUT2D eigenvalue weighted by atomic mass is 10.1. The quantitative estimate of drug-likeness (QED) is 0.831. The summed E-state index contributed by atoms with van der Waals surface area (Å²) in [5.74, 6) is 0. The lowest BCUT2D eigenvalue weighted by molar-refractivity contribution is 0.210. The highest BCUT2D eigenvalue weighted by atomic mass is 16.2. The van der Waals surface area contributed by atoms with E-state index in [0.717, 1.165) is 19.5 Å². The first-order valence-electron chi connectivity index (χ1n) is 6.04. The molecule has 1 N–H and O–H groups in total. The second-order valence-electron chi connectivity index (χ2n) is 4.71. The molecule has 0 unspecified atom stereocenters. The Balaban J connectivity index is 2.09. The van der Waals surface area contributed by atoms with Crippen LogP contribution in [-0.2, 0) is 6.42 Å². The number of aromatic nitrogens is 2. The summed E-state index contributed by atoms with van der Waals surface area (Å²) in [6.45, 7) is 4.62. The standard InChI is InChI=1S/C12H21N3O/c1-10-11(5-8-16)9-13-15(10)12-3-6-14(2)7-4-12/h9,12,16H,3-8H2,1-2H3. The van der Waals surface area contributed by atoms with E-state index in [2.05, 4.69) is 28.7 Å². The maximum Gasteiger partial charge on any atom is 0.0546 e. The molecule has 1 aliphatic heterocycles. The van der Waals surface area contributed by atoms with Crippen molar-refractivity contribution < 1.29 is 5.11 Å².